The Morgan fingerprint density at radius 3 is 2.45 bits per heavy atom. The number of nitrogens with zero attached hydrogens (tertiary/aromatic N) is 1. The maximum absolute atomic E-state index is 8.60. The zero-order valence-electron chi connectivity index (χ0n) is 7.72. The lowest BCUT2D eigenvalue weighted by Gasteiger charge is -2.29. The maximum atomic E-state index is 8.60. The van der Waals surface area contributed by atoms with E-state index in [4.69, 9.17) is 5.26 Å². The molecule has 1 rings (SSSR count). The molecule has 0 aliphatic heterocycles. The molecule has 0 aromatic heterocycles. The molecule has 0 aromatic rings. The largest absolute Gasteiger partial charge is 0.198 e. The molecule has 0 bridgehead atoms. The van der Waals surface area contributed by atoms with Crippen molar-refractivity contribution in [3.05, 3.63) is 0 Å². The fourth-order valence-corrected chi connectivity index (χ4v) is 2.07. The molecule has 11 heavy (non-hydrogen) atoms. The SMILES string of the molecule is C[C@@H]1CC[C@H](CC#N)C1(C)C. The van der Waals surface area contributed by atoms with Crippen LogP contribution in [0.25, 0.3) is 0 Å². The van der Waals surface area contributed by atoms with Gasteiger partial charge in [0.2, 0.25) is 0 Å². The molecule has 2 atom stereocenters. The predicted molar refractivity (Wildman–Crippen MR) is 45.9 cm³/mol. The Balaban J connectivity index is 2.64. The van der Waals surface area contributed by atoms with Crippen LogP contribution in [0.15, 0.2) is 0 Å². The fraction of sp³-hybridized carbons (Fsp3) is 0.900. The molecule has 0 N–H and O–H groups in total. The molecule has 1 fully saturated rings. The summed E-state index contributed by atoms with van der Waals surface area (Å²) in [5, 5.41) is 8.60. The summed E-state index contributed by atoms with van der Waals surface area (Å²) in [6.45, 7) is 6.90. The summed E-state index contributed by atoms with van der Waals surface area (Å²) in [4.78, 5) is 0. The lowest BCUT2D eigenvalue weighted by Crippen LogP contribution is -2.22. The Morgan fingerprint density at radius 2 is 2.09 bits per heavy atom. The van der Waals surface area contributed by atoms with Gasteiger partial charge in [0, 0.05) is 6.42 Å². The van der Waals surface area contributed by atoms with Crippen molar-refractivity contribution in [3.8, 4) is 6.07 Å². The summed E-state index contributed by atoms with van der Waals surface area (Å²) >= 11 is 0. The van der Waals surface area contributed by atoms with Crippen molar-refractivity contribution in [2.45, 2.75) is 40.0 Å². The molecule has 62 valence electrons. The smallest absolute Gasteiger partial charge is 0.0624 e. The van der Waals surface area contributed by atoms with Crippen LogP contribution in [0.3, 0.4) is 0 Å². The number of rotatable bonds is 1. The molecule has 1 aliphatic rings. The van der Waals surface area contributed by atoms with Crippen molar-refractivity contribution >= 4 is 0 Å². The van der Waals surface area contributed by atoms with E-state index >= 15 is 0 Å². The topological polar surface area (TPSA) is 23.8 Å². The van der Waals surface area contributed by atoms with Crippen LogP contribution >= 0.6 is 0 Å². The second kappa shape index (κ2) is 2.85. The Morgan fingerprint density at radius 1 is 1.45 bits per heavy atom. The minimum Gasteiger partial charge on any atom is -0.198 e. The van der Waals surface area contributed by atoms with Crippen LogP contribution in [0.2, 0.25) is 0 Å². The number of nitriles is 1. The summed E-state index contributed by atoms with van der Waals surface area (Å²) in [6.07, 6.45) is 3.30. The molecule has 0 spiro atoms. The van der Waals surface area contributed by atoms with Gasteiger partial charge >= 0.3 is 0 Å². The second-order valence-electron chi connectivity index (χ2n) is 4.36. The molecule has 1 aliphatic carbocycles. The van der Waals surface area contributed by atoms with Gasteiger partial charge in [-0.1, -0.05) is 20.8 Å². The van der Waals surface area contributed by atoms with Gasteiger partial charge in [0.15, 0.2) is 0 Å². The van der Waals surface area contributed by atoms with Crippen LogP contribution in [-0.4, -0.2) is 0 Å². The minimum absolute atomic E-state index is 0.399. The van der Waals surface area contributed by atoms with Gasteiger partial charge in [-0.2, -0.15) is 5.26 Å². The summed E-state index contributed by atoms with van der Waals surface area (Å²) < 4.78 is 0. The third-order valence-electron chi connectivity index (χ3n) is 3.61. The molecule has 0 aromatic carbocycles. The Labute approximate surface area is 69.4 Å². The molecule has 0 heterocycles. The third-order valence-corrected chi connectivity index (χ3v) is 3.61. The highest BCUT2D eigenvalue weighted by Gasteiger charge is 2.39. The van der Waals surface area contributed by atoms with Crippen molar-refractivity contribution in [1.29, 1.82) is 5.26 Å². The van der Waals surface area contributed by atoms with Crippen LogP contribution in [0.4, 0.5) is 0 Å². The van der Waals surface area contributed by atoms with E-state index in [9.17, 15) is 0 Å². The van der Waals surface area contributed by atoms with Crippen molar-refractivity contribution in [3.63, 3.8) is 0 Å². The molecule has 0 radical (unpaired) electrons. The van der Waals surface area contributed by atoms with Crippen molar-refractivity contribution < 1.29 is 0 Å². The molecule has 1 heteroatoms. The van der Waals surface area contributed by atoms with E-state index in [1.165, 1.54) is 12.8 Å². The first-order chi connectivity index (χ1) is 5.09. The zero-order chi connectivity index (χ0) is 8.48. The quantitative estimate of drug-likeness (QED) is 0.565. The van der Waals surface area contributed by atoms with Crippen LogP contribution < -0.4 is 0 Å². The van der Waals surface area contributed by atoms with Gasteiger partial charge in [-0.15, -0.1) is 0 Å². The number of hydrogen-bond acceptors (Lipinski definition) is 1. The first-order valence-electron chi connectivity index (χ1n) is 4.46. The van der Waals surface area contributed by atoms with Crippen LogP contribution in [-0.2, 0) is 0 Å². The summed E-state index contributed by atoms with van der Waals surface area (Å²) in [5.41, 5.74) is 0.399. The maximum Gasteiger partial charge on any atom is 0.0624 e. The molecular formula is C10H17N. The van der Waals surface area contributed by atoms with Crippen molar-refractivity contribution in [1.82, 2.24) is 0 Å². The van der Waals surface area contributed by atoms with Crippen molar-refractivity contribution in [2.24, 2.45) is 17.3 Å². The van der Waals surface area contributed by atoms with E-state index in [1.807, 2.05) is 0 Å². The summed E-state index contributed by atoms with van der Waals surface area (Å²) in [7, 11) is 0. The Hall–Kier alpha value is -0.510. The monoisotopic (exact) mass is 151 g/mol. The van der Waals surface area contributed by atoms with E-state index in [2.05, 4.69) is 26.8 Å². The third kappa shape index (κ3) is 1.40. The van der Waals surface area contributed by atoms with Gasteiger partial charge in [0.25, 0.3) is 0 Å². The molecule has 0 saturated heterocycles. The number of hydrogen-bond donors (Lipinski definition) is 0. The average molecular weight is 151 g/mol. The first-order valence-corrected chi connectivity index (χ1v) is 4.46. The lowest BCUT2D eigenvalue weighted by molar-refractivity contribution is 0.201. The predicted octanol–water partition coefficient (Wildman–Crippen LogP) is 2.97. The molecule has 1 nitrogen and oxygen atoms in total. The fourth-order valence-electron chi connectivity index (χ4n) is 2.07. The van der Waals surface area contributed by atoms with E-state index in [-0.39, 0.29) is 0 Å². The van der Waals surface area contributed by atoms with E-state index in [0.717, 1.165) is 12.3 Å². The summed E-state index contributed by atoms with van der Waals surface area (Å²) in [5.74, 6) is 1.43. The van der Waals surface area contributed by atoms with Crippen molar-refractivity contribution in [2.75, 3.05) is 0 Å². The van der Waals surface area contributed by atoms with E-state index in [0.29, 0.717) is 11.3 Å². The van der Waals surface area contributed by atoms with E-state index < -0.39 is 0 Å². The van der Waals surface area contributed by atoms with Gasteiger partial charge in [0.05, 0.1) is 6.07 Å². The highest BCUT2D eigenvalue weighted by molar-refractivity contribution is 4.93. The second-order valence-corrected chi connectivity index (χ2v) is 4.36. The van der Waals surface area contributed by atoms with E-state index in [1.54, 1.807) is 0 Å². The Kier molecular flexibility index (Phi) is 2.23. The normalized spacial score (nSPS) is 35.1. The van der Waals surface area contributed by atoms with Gasteiger partial charge < -0.3 is 0 Å². The lowest BCUT2D eigenvalue weighted by atomic mass is 9.75. The molecule has 0 unspecified atom stereocenters. The summed E-state index contributed by atoms with van der Waals surface area (Å²) in [6, 6.07) is 2.29. The van der Waals surface area contributed by atoms with Gasteiger partial charge in [0.1, 0.15) is 0 Å². The molecular weight excluding hydrogens is 134 g/mol. The van der Waals surface area contributed by atoms with Crippen LogP contribution in [0, 0.1) is 28.6 Å². The van der Waals surface area contributed by atoms with Gasteiger partial charge in [-0.25, -0.2) is 0 Å². The van der Waals surface area contributed by atoms with Gasteiger partial charge in [-0.05, 0) is 30.1 Å². The first kappa shape index (κ1) is 8.59. The molecule has 1 saturated carbocycles. The standard InChI is InChI=1S/C10H17N/c1-8-4-5-9(6-7-11)10(8,2)3/h8-9H,4-6H2,1-3H3/t8-,9-/m1/s1. The zero-order valence-corrected chi connectivity index (χ0v) is 7.72. The Bertz CT molecular complexity index is 176. The molecule has 0 amide bonds. The highest BCUT2D eigenvalue weighted by Crippen LogP contribution is 2.48. The van der Waals surface area contributed by atoms with Crippen LogP contribution in [0.1, 0.15) is 40.0 Å². The van der Waals surface area contributed by atoms with Crippen LogP contribution in [0.5, 0.6) is 0 Å². The highest BCUT2D eigenvalue weighted by atomic mass is 14.4. The minimum atomic E-state index is 0.399. The van der Waals surface area contributed by atoms with Gasteiger partial charge in [-0.3, -0.25) is 0 Å². The average Bonchev–Trinajstić information content (AvgIpc) is 2.16.